The number of hydrogen-bond donors (Lipinski definition) is 2. The highest BCUT2D eigenvalue weighted by Crippen LogP contribution is 2.40. The minimum atomic E-state index is -0.0293. The van der Waals surface area contributed by atoms with E-state index in [0.29, 0.717) is 5.82 Å². The van der Waals surface area contributed by atoms with Crippen LogP contribution in [0.4, 0.5) is 5.82 Å². The lowest BCUT2D eigenvalue weighted by Gasteiger charge is -2.40. The van der Waals surface area contributed by atoms with E-state index in [9.17, 15) is 0 Å². The van der Waals surface area contributed by atoms with Gasteiger partial charge in [0.1, 0.15) is 0 Å². The van der Waals surface area contributed by atoms with Crippen molar-refractivity contribution in [1.29, 1.82) is 0 Å². The number of aromatic amines is 1. The van der Waals surface area contributed by atoms with Gasteiger partial charge < -0.3 is 10.5 Å². The molecule has 0 unspecified atom stereocenters. The monoisotopic (exact) mass is 271 g/mol. The quantitative estimate of drug-likeness (QED) is 0.898. The molecule has 0 spiro atoms. The van der Waals surface area contributed by atoms with Crippen LogP contribution in [0.15, 0.2) is 24.3 Å². The summed E-state index contributed by atoms with van der Waals surface area (Å²) in [5.41, 5.74) is 10.5. The second kappa shape index (κ2) is 4.94. The molecule has 106 valence electrons. The van der Waals surface area contributed by atoms with E-state index in [2.05, 4.69) is 41.4 Å². The van der Waals surface area contributed by atoms with Crippen LogP contribution in [0.5, 0.6) is 0 Å². The fourth-order valence-corrected chi connectivity index (χ4v) is 2.91. The average Bonchev–Trinajstić information content (AvgIpc) is 2.76. The molecule has 2 aromatic rings. The van der Waals surface area contributed by atoms with Crippen LogP contribution in [0.25, 0.3) is 11.1 Å². The molecule has 4 nitrogen and oxygen atoms in total. The van der Waals surface area contributed by atoms with Crippen LogP contribution < -0.4 is 5.73 Å². The summed E-state index contributed by atoms with van der Waals surface area (Å²) < 4.78 is 5.71. The number of nitrogens with one attached hydrogen (secondary N) is 1. The zero-order chi connectivity index (χ0) is 14.2. The molecule has 0 radical (unpaired) electrons. The number of rotatable bonds is 4. The summed E-state index contributed by atoms with van der Waals surface area (Å²) in [6.45, 7) is 2.08. The molecule has 20 heavy (non-hydrogen) atoms. The van der Waals surface area contributed by atoms with Crippen molar-refractivity contribution in [2.45, 2.75) is 38.2 Å². The summed E-state index contributed by atoms with van der Waals surface area (Å²) in [6.07, 6.45) is 4.29. The lowest BCUT2D eigenvalue weighted by Crippen LogP contribution is -2.41. The standard InChI is InChI=1S/C16H21N3O/c1-11-4-6-12(7-5-11)14-13(18-19-15(14)17)10-16(20-2)8-3-9-16/h4-7H,3,8-10H2,1-2H3,(H3,17,18,19). The number of nitrogens with zero attached hydrogens (tertiary/aromatic N) is 1. The molecule has 1 aromatic heterocycles. The molecule has 3 N–H and O–H groups in total. The second-order valence-electron chi connectivity index (χ2n) is 5.75. The predicted molar refractivity (Wildman–Crippen MR) is 80.5 cm³/mol. The van der Waals surface area contributed by atoms with Gasteiger partial charge in [-0.25, -0.2) is 0 Å². The molecule has 4 heteroatoms. The molecule has 0 atom stereocenters. The third-order valence-electron chi connectivity index (χ3n) is 4.41. The average molecular weight is 271 g/mol. The van der Waals surface area contributed by atoms with Gasteiger partial charge in [-0.15, -0.1) is 0 Å². The van der Waals surface area contributed by atoms with Gasteiger partial charge in [-0.05, 0) is 31.7 Å². The maximum atomic E-state index is 6.05. The molecule has 1 aromatic carbocycles. The Morgan fingerprint density at radius 1 is 1.30 bits per heavy atom. The maximum absolute atomic E-state index is 6.05. The highest BCUT2D eigenvalue weighted by molar-refractivity contribution is 5.76. The molecule has 0 saturated heterocycles. The summed E-state index contributed by atoms with van der Waals surface area (Å²) >= 11 is 0. The van der Waals surface area contributed by atoms with Crippen molar-refractivity contribution in [2.24, 2.45) is 0 Å². The number of nitrogen functional groups attached to an aromatic ring is 1. The van der Waals surface area contributed by atoms with Crippen molar-refractivity contribution < 1.29 is 4.74 Å². The van der Waals surface area contributed by atoms with E-state index in [1.807, 2.05) is 0 Å². The molecular formula is C16H21N3O. The number of aromatic nitrogens is 2. The van der Waals surface area contributed by atoms with Gasteiger partial charge in [0.2, 0.25) is 0 Å². The highest BCUT2D eigenvalue weighted by atomic mass is 16.5. The first kappa shape index (κ1) is 13.2. The summed E-state index contributed by atoms with van der Waals surface area (Å²) in [5.74, 6) is 0.564. The van der Waals surface area contributed by atoms with Gasteiger partial charge in [-0.3, -0.25) is 5.10 Å². The van der Waals surface area contributed by atoms with Crippen molar-refractivity contribution in [1.82, 2.24) is 10.2 Å². The van der Waals surface area contributed by atoms with E-state index in [1.165, 1.54) is 12.0 Å². The zero-order valence-electron chi connectivity index (χ0n) is 12.1. The van der Waals surface area contributed by atoms with Crippen molar-refractivity contribution in [3.8, 4) is 11.1 Å². The Hall–Kier alpha value is -1.81. The minimum absolute atomic E-state index is 0.0293. The lowest BCUT2D eigenvalue weighted by molar-refractivity contribution is -0.0713. The summed E-state index contributed by atoms with van der Waals surface area (Å²) in [4.78, 5) is 0. The second-order valence-corrected chi connectivity index (χ2v) is 5.75. The first-order chi connectivity index (χ1) is 9.63. The molecular weight excluding hydrogens is 250 g/mol. The van der Waals surface area contributed by atoms with Gasteiger partial charge in [0.25, 0.3) is 0 Å². The van der Waals surface area contributed by atoms with E-state index < -0.39 is 0 Å². The van der Waals surface area contributed by atoms with Gasteiger partial charge in [-0.2, -0.15) is 5.10 Å². The van der Waals surface area contributed by atoms with Crippen LogP contribution in [-0.4, -0.2) is 22.9 Å². The Morgan fingerprint density at radius 2 is 2.00 bits per heavy atom. The fraction of sp³-hybridized carbons (Fsp3) is 0.438. The molecule has 0 amide bonds. The summed E-state index contributed by atoms with van der Waals surface area (Å²) in [5, 5.41) is 7.28. The SMILES string of the molecule is COC1(Cc2[nH]nc(N)c2-c2ccc(C)cc2)CCC1. The number of H-pyrrole nitrogens is 1. The molecule has 0 bridgehead atoms. The molecule has 1 aliphatic carbocycles. The van der Waals surface area contributed by atoms with Crippen molar-refractivity contribution >= 4 is 5.82 Å². The summed E-state index contributed by atoms with van der Waals surface area (Å²) in [6, 6.07) is 8.39. The van der Waals surface area contributed by atoms with E-state index in [1.54, 1.807) is 7.11 Å². The van der Waals surface area contributed by atoms with Crippen LogP contribution >= 0.6 is 0 Å². The number of aryl methyl sites for hydroxylation is 1. The summed E-state index contributed by atoms with van der Waals surface area (Å²) in [7, 11) is 1.80. The normalized spacial score (nSPS) is 16.9. The lowest BCUT2D eigenvalue weighted by atomic mass is 9.76. The van der Waals surface area contributed by atoms with E-state index in [0.717, 1.165) is 36.1 Å². The van der Waals surface area contributed by atoms with Gasteiger partial charge in [-0.1, -0.05) is 29.8 Å². The fourth-order valence-electron chi connectivity index (χ4n) is 2.91. The van der Waals surface area contributed by atoms with Gasteiger partial charge in [0.15, 0.2) is 5.82 Å². The molecule has 1 fully saturated rings. The molecule has 1 aliphatic rings. The topological polar surface area (TPSA) is 63.9 Å². The van der Waals surface area contributed by atoms with E-state index in [4.69, 9.17) is 10.5 Å². The number of nitrogens with two attached hydrogens (primary N) is 1. The van der Waals surface area contributed by atoms with Gasteiger partial charge >= 0.3 is 0 Å². The van der Waals surface area contributed by atoms with E-state index in [-0.39, 0.29) is 5.60 Å². The number of methoxy groups -OCH3 is 1. The number of ether oxygens (including phenoxy) is 1. The van der Waals surface area contributed by atoms with Gasteiger partial charge in [0, 0.05) is 24.8 Å². The number of anilines is 1. The van der Waals surface area contributed by atoms with Crippen LogP contribution in [0.3, 0.4) is 0 Å². The predicted octanol–water partition coefficient (Wildman–Crippen LogP) is 3.08. The zero-order valence-corrected chi connectivity index (χ0v) is 12.1. The number of benzene rings is 1. The van der Waals surface area contributed by atoms with E-state index >= 15 is 0 Å². The molecule has 3 rings (SSSR count). The Balaban J connectivity index is 1.95. The molecule has 1 heterocycles. The van der Waals surface area contributed by atoms with Crippen molar-refractivity contribution in [3.05, 3.63) is 35.5 Å². The first-order valence-electron chi connectivity index (χ1n) is 7.08. The Labute approximate surface area is 119 Å². The van der Waals surface area contributed by atoms with Crippen LogP contribution in [-0.2, 0) is 11.2 Å². The highest BCUT2D eigenvalue weighted by Gasteiger charge is 2.38. The van der Waals surface area contributed by atoms with Crippen LogP contribution in [0, 0.1) is 6.92 Å². The first-order valence-corrected chi connectivity index (χ1v) is 7.08. The third kappa shape index (κ3) is 2.20. The smallest absolute Gasteiger partial charge is 0.153 e. The number of hydrogen-bond acceptors (Lipinski definition) is 3. The van der Waals surface area contributed by atoms with Crippen LogP contribution in [0.2, 0.25) is 0 Å². The Morgan fingerprint density at radius 3 is 2.55 bits per heavy atom. The van der Waals surface area contributed by atoms with Crippen LogP contribution in [0.1, 0.15) is 30.5 Å². The molecule has 1 saturated carbocycles. The third-order valence-corrected chi connectivity index (χ3v) is 4.41. The minimum Gasteiger partial charge on any atom is -0.382 e. The Bertz CT molecular complexity index is 591. The van der Waals surface area contributed by atoms with Crippen molar-refractivity contribution in [3.63, 3.8) is 0 Å². The molecule has 0 aliphatic heterocycles. The van der Waals surface area contributed by atoms with Crippen molar-refractivity contribution in [2.75, 3.05) is 12.8 Å². The maximum Gasteiger partial charge on any atom is 0.153 e. The Kier molecular flexibility index (Phi) is 3.26. The van der Waals surface area contributed by atoms with Gasteiger partial charge in [0.05, 0.1) is 5.60 Å². The largest absolute Gasteiger partial charge is 0.382 e.